The molecule has 1 aromatic heterocycles. The normalized spacial score (nSPS) is 37.5. The Hall–Kier alpha value is -1.94. The van der Waals surface area contributed by atoms with Crippen LogP contribution in [0.4, 0.5) is 0 Å². The molecule has 0 aromatic carbocycles. The van der Waals surface area contributed by atoms with Gasteiger partial charge in [0.05, 0.1) is 6.10 Å². The molecule has 36 heavy (non-hydrogen) atoms. The fourth-order valence-corrected chi connectivity index (χ4v) is 8.81. The molecule has 6 atom stereocenters. The number of aliphatic carboxylic acids is 1. The van der Waals surface area contributed by atoms with Crippen LogP contribution in [-0.4, -0.2) is 27.3 Å². The Labute approximate surface area is 217 Å². The third-order valence-corrected chi connectivity index (χ3v) is 10.9. The SMILES string of the molecule is C[C@]12CC[C@H](O)CC1=CC[C@@H]1[C@@H]2CC[C@]2(C)C(c3cccnc3)=CC[C@@H]12.O=C(O)CCC1CCCC1. The molecule has 4 nitrogen and oxygen atoms in total. The molecule has 0 saturated heterocycles. The van der Waals surface area contributed by atoms with Gasteiger partial charge in [-0.3, -0.25) is 9.78 Å². The van der Waals surface area contributed by atoms with Crippen LogP contribution in [0, 0.1) is 34.5 Å². The van der Waals surface area contributed by atoms with Gasteiger partial charge in [0.1, 0.15) is 0 Å². The molecule has 0 unspecified atom stereocenters. The van der Waals surface area contributed by atoms with Gasteiger partial charge in [-0.05, 0) is 103 Å². The molecule has 196 valence electrons. The Kier molecular flexibility index (Phi) is 7.45. The summed E-state index contributed by atoms with van der Waals surface area (Å²) in [6, 6.07) is 4.31. The Bertz CT molecular complexity index is 994. The molecule has 2 N–H and O–H groups in total. The molecule has 0 aliphatic heterocycles. The lowest BCUT2D eigenvalue weighted by molar-refractivity contribution is -0.137. The van der Waals surface area contributed by atoms with E-state index in [9.17, 15) is 9.90 Å². The largest absolute Gasteiger partial charge is 0.481 e. The minimum absolute atomic E-state index is 0.106. The van der Waals surface area contributed by atoms with Gasteiger partial charge < -0.3 is 10.2 Å². The molecule has 0 amide bonds. The van der Waals surface area contributed by atoms with Gasteiger partial charge in [0.2, 0.25) is 0 Å². The summed E-state index contributed by atoms with van der Waals surface area (Å²) in [6.45, 7) is 5.03. The topological polar surface area (TPSA) is 70.4 Å². The Balaban J connectivity index is 0.000000226. The molecule has 1 aromatic rings. The number of hydrogen-bond acceptors (Lipinski definition) is 3. The summed E-state index contributed by atoms with van der Waals surface area (Å²) in [4.78, 5) is 14.5. The van der Waals surface area contributed by atoms with Crippen molar-refractivity contribution in [2.24, 2.45) is 34.5 Å². The van der Waals surface area contributed by atoms with E-state index in [1.807, 2.05) is 12.4 Å². The van der Waals surface area contributed by atoms with Crippen LogP contribution >= 0.6 is 0 Å². The van der Waals surface area contributed by atoms with Gasteiger partial charge in [0.25, 0.3) is 0 Å². The number of nitrogens with zero attached hydrogens (tertiary/aromatic N) is 1. The third kappa shape index (κ3) is 4.83. The Morgan fingerprint density at radius 2 is 1.81 bits per heavy atom. The summed E-state index contributed by atoms with van der Waals surface area (Å²) in [6.07, 6.45) is 23.4. The summed E-state index contributed by atoms with van der Waals surface area (Å²) >= 11 is 0. The number of pyridine rings is 1. The number of carboxylic acid groups (broad SMARTS) is 1. The van der Waals surface area contributed by atoms with E-state index < -0.39 is 5.97 Å². The summed E-state index contributed by atoms with van der Waals surface area (Å²) in [5.41, 5.74) is 5.09. The number of carboxylic acids is 1. The fourth-order valence-electron chi connectivity index (χ4n) is 8.81. The average Bonchev–Trinajstić information content (AvgIpc) is 3.51. The van der Waals surface area contributed by atoms with E-state index in [0.29, 0.717) is 17.3 Å². The molecule has 6 rings (SSSR count). The molecule has 0 spiro atoms. The first-order chi connectivity index (χ1) is 17.3. The molecule has 4 heteroatoms. The van der Waals surface area contributed by atoms with Gasteiger partial charge in [0, 0.05) is 18.8 Å². The molecule has 0 bridgehead atoms. The van der Waals surface area contributed by atoms with Crippen molar-refractivity contribution in [2.45, 2.75) is 103 Å². The minimum atomic E-state index is -0.646. The highest BCUT2D eigenvalue weighted by Gasteiger charge is 2.56. The van der Waals surface area contributed by atoms with Crippen LogP contribution in [0.5, 0.6) is 0 Å². The minimum Gasteiger partial charge on any atom is -0.481 e. The van der Waals surface area contributed by atoms with E-state index >= 15 is 0 Å². The van der Waals surface area contributed by atoms with E-state index in [1.54, 1.807) is 11.1 Å². The van der Waals surface area contributed by atoms with E-state index in [-0.39, 0.29) is 6.10 Å². The van der Waals surface area contributed by atoms with Crippen LogP contribution in [0.15, 0.2) is 42.3 Å². The van der Waals surface area contributed by atoms with E-state index in [0.717, 1.165) is 42.9 Å². The van der Waals surface area contributed by atoms with Crippen molar-refractivity contribution in [3.05, 3.63) is 47.8 Å². The van der Waals surface area contributed by atoms with Gasteiger partial charge in [-0.15, -0.1) is 0 Å². The van der Waals surface area contributed by atoms with Crippen LogP contribution in [0.25, 0.3) is 5.57 Å². The number of aliphatic hydroxyl groups is 1. The molecule has 1 heterocycles. The van der Waals surface area contributed by atoms with Crippen LogP contribution < -0.4 is 0 Å². The highest BCUT2D eigenvalue weighted by Crippen LogP contribution is 2.66. The van der Waals surface area contributed by atoms with E-state index in [2.05, 4.69) is 43.1 Å². The number of allylic oxidation sites excluding steroid dienone is 3. The number of rotatable bonds is 4. The average molecular weight is 492 g/mol. The molecular weight excluding hydrogens is 446 g/mol. The predicted octanol–water partition coefficient (Wildman–Crippen LogP) is 7.44. The zero-order valence-corrected chi connectivity index (χ0v) is 22.3. The van der Waals surface area contributed by atoms with Gasteiger partial charge in [-0.2, -0.15) is 0 Å². The molecule has 0 radical (unpaired) electrons. The molecule has 5 aliphatic rings. The second-order valence-corrected chi connectivity index (χ2v) is 12.8. The Morgan fingerprint density at radius 3 is 2.53 bits per heavy atom. The van der Waals surface area contributed by atoms with Crippen molar-refractivity contribution in [1.82, 2.24) is 4.98 Å². The summed E-state index contributed by atoms with van der Waals surface area (Å²) in [5, 5.41) is 18.5. The molecule has 3 saturated carbocycles. The van der Waals surface area contributed by atoms with Crippen molar-refractivity contribution in [3.8, 4) is 0 Å². The van der Waals surface area contributed by atoms with Crippen LogP contribution in [0.1, 0.15) is 103 Å². The van der Waals surface area contributed by atoms with E-state index in [1.165, 1.54) is 63.4 Å². The maximum Gasteiger partial charge on any atom is 0.303 e. The monoisotopic (exact) mass is 491 g/mol. The number of fused-ring (bicyclic) bond motifs is 5. The predicted molar refractivity (Wildman–Crippen MR) is 144 cm³/mol. The summed E-state index contributed by atoms with van der Waals surface area (Å²) in [5.74, 6) is 2.43. The van der Waals surface area contributed by atoms with Gasteiger partial charge >= 0.3 is 5.97 Å². The van der Waals surface area contributed by atoms with Crippen molar-refractivity contribution >= 4 is 11.5 Å². The fraction of sp³-hybridized carbons (Fsp3) is 0.688. The number of carbonyl (C=O) groups is 1. The van der Waals surface area contributed by atoms with Gasteiger partial charge in [-0.1, -0.05) is 63.3 Å². The van der Waals surface area contributed by atoms with Crippen molar-refractivity contribution < 1.29 is 15.0 Å². The van der Waals surface area contributed by atoms with Gasteiger partial charge in [0.15, 0.2) is 0 Å². The van der Waals surface area contributed by atoms with Crippen molar-refractivity contribution in [2.75, 3.05) is 0 Å². The lowest BCUT2D eigenvalue weighted by Gasteiger charge is -2.57. The summed E-state index contributed by atoms with van der Waals surface area (Å²) < 4.78 is 0. The lowest BCUT2D eigenvalue weighted by atomic mass is 9.47. The second-order valence-electron chi connectivity index (χ2n) is 12.8. The zero-order valence-electron chi connectivity index (χ0n) is 22.3. The number of hydrogen-bond donors (Lipinski definition) is 2. The lowest BCUT2D eigenvalue weighted by Crippen LogP contribution is -2.49. The molecule has 3 fully saturated rings. The molecular formula is C32H45NO3. The van der Waals surface area contributed by atoms with Crippen molar-refractivity contribution in [3.63, 3.8) is 0 Å². The zero-order chi connectivity index (χ0) is 25.3. The number of aromatic nitrogens is 1. The second kappa shape index (κ2) is 10.4. The maximum absolute atomic E-state index is 10.2. The quantitative estimate of drug-likeness (QED) is 0.429. The number of aliphatic hydroxyl groups excluding tert-OH is 1. The maximum atomic E-state index is 10.2. The highest BCUT2D eigenvalue weighted by molar-refractivity contribution is 5.72. The molecule has 5 aliphatic carbocycles. The summed E-state index contributed by atoms with van der Waals surface area (Å²) in [7, 11) is 0. The van der Waals surface area contributed by atoms with Crippen LogP contribution in [0.2, 0.25) is 0 Å². The van der Waals surface area contributed by atoms with Crippen LogP contribution in [0.3, 0.4) is 0 Å². The highest BCUT2D eigenvalue weighted by atomic mass is 16.4. The first-order valence-corrected chi connectivity index (χ1v) is 14.5. The van der Waals surface area contributed by atoms with Gasteiger partial charge in [-0.25, -0.2) is 0 Å². The smallest absolute Gasteiger partial charge is 0.303 e. The standard InChI is InChI=1S/C24H31NO.C8H14O2/c1-23-11-9-18(26)14-17(23)5-6-19-21-8-7-20(16-4-3-13-25-15-16)24(21,2)12-10-22(19)23;9-8(10)6-5-7-3-1-2-4-7/h3-5,7,13,15,18-19,21-22,26H,6,8-12,14H2,1-2H3;7H,1-6H2,(H,9,10)/t18-,19-,21-,22-,23-,24+;/m0./s1. The first-order valence-electron chi connectivity index (χ1n) is 14.5. The third-order valence-electron chi connectivity index (χ3n) is 10.9. The Morgan fingerprint density at radius 1 is 1.03 bits per heavy atom. The van der Waals surface area contributed by atoms with Crippen molar-refractivity contribution in [1.29, 1.82) is 0 Å². The van der Waals surface area contributed by atoms with E-state index in [4.69, 9.17) is 5.11 Å². The first kappa shape index (κ1) is 25.7. The van der Waals surface area contributed by atoms with Crippen LogP contribution in [-0.2, 0) is 4.79 Å².